The first-order chi connectivity index (χ1) is 9.02. The Morgan fingerprint density at radius 3 is 2.47 bits per heavy atom. The predicted molar refractivity (Wildman–Crippen MR) is 81.3 cm³/mol. The highest BCUT2D eigenvalue weighted by Crippen LogP contribution is 2.28. The van der Waals surface area contributed by atoms with Crippen molar-refractivity contribution < 1.29 is 0 Å². The van der Waals surface area contributed by atoms with Gasteiger partial charge in [0.1, 0.15) is 0 Å². The summed E-state index contributed by atoms with van der Waals surface area (Å²) in [5.74, 6) is 5.76. The van der Waals surface area contributed by atoms with Crippen LogP contribution in [0, 0.1) is 20.8 Å². The molecule has 2 aromatic rings. The zero-order chi connectivity index (χ0) is 14.0. The SMILES string of the molecule is Cc1cc(Cl)cc(C(NN)c2cccc(C)c2C)c1. The molecule has 0 amide bonds. The van der Waals surface area contributed by atoms with Crippen molar-refractivity contribution in [1.82, 2.24) is 5.43 Å². The van der Waals surface area contributed by atoms with E-state index in [0.717, 1.165) is 16.1 Å². The third-order valence-electron chi connectivity index (χ3n) is 3.52. The molecular formula is C16H19ClN2. The van der Waals surface area contributed by atoms with Gasteiger partial charge in [0.05, 0.1) is 6.04 Å². The van der Waals surface area contributed by atoms with Gasteiger partial charge in [-0.05, 0) is 60.7 Å². The van der Waals surface area contributed by atoms with Gasteiger partial charge in [0, 0.05) is 5.02 Å². The number of hydrogen-bond donors (Lipinski definition) is 2. The number of hydrazine groups is 1. The molecule has 100 valence electrons. The molecule has 2 aromatic carbocycles. The van der Waals surface area contributed by atoms with Crippen molar-refractivity contribution in [2.24, 2.45) is 5.84 Å². The Labute approximate surface area is 119 Å². The minimum atomic E-state index is -0.0442. The van der Waals surface area contributed by atoms with Gasteiger partial charge in [-0.1, -0.05) is 35.9 Å². The maximum absolute atomic E-state index is 6.14. The van der Waals surface area contributed by atoms with Gasteiger partial charge in [-0.25, -0.2) is 5.43 Å². The third kappa shape index (κ3) is 2.98. The van der Waals surface area contributed by atoms with Crippen molar-refractivity contribution in [1.29, 1.82) is 0 Å². The van der Waals surface area contributed by atoms with Gasteiger partial charge in [0.2, 0.25) is 0 Å². The van der Waals surface area contributed by atoms with Crippen LogP contribution in [0.4, 0.5) is 0 Å². The van der Waals surface area contributed by atoms with Crippen LogP contribution < -0.4 is 11.3 Å². The zero-order valence-electron chi connectivity index (χ0n) is 11.5. The Kier molecular flexibility index (Phi) is 4.25. The van der Waals surface area contributed by atoms with E-state index in [2.05, 4.69) is 43.5 Å². The highest BCUT2D eigenvalue weighted by molar-refractivity contribution is 6.30. The molecular weight excluding hydrogens is 256 g/mol. The average Bonchev–Trinajstić information content (AvgIpc) is 2.34. The molecule has 3 heteroatoms. The van der Waals surface area contributed by atoms with E-state index in [1.165, 1.54) is 16.7 Å². The fourth-order valence-corrected chi connectivity index (χ4v) is 2.68. The quantitative estimate of drug-likeness (QED) is 0.660. The monoisotopic (exact) mass is 274 g/mol. The molecule has 19 heavy (non-hydrogen) atoms. The Morgan fingerprint density at radius 2 is 1.84 bits per heavy atom. The van der Waals surface area contributed by atoms with E-state index in [0.29, 0.717) is 0 Å². The summed E-state index contributed by atoms with van der Waals surface area (Å²) in [6, 6.07) is 12.2. The summed E-state index contributed by atoms with van der Waals surface area (Å²) in [5.41, 5.74) is 8.81. The van der Waals surface area contributed by atoms with Crippen molar-refractivity contribution >= 4 is 11.6 Å². The van der Waals surface area contributed by atoms with Crippen molar-refractivity contribution in [3.63, 3.8) is 0 Å². The third-order valence-corrected chi connectivity index (χ3v) is 3.74. The second-order valence-electron chi connectivity index (χ2n) is 4.95. The summed E-state index contributed by atoms with van der Waals surface area (Å²) in [4.78, 5) is 0. The summed E-state index contributed by atoms with van der Waals surface area (Å²) in [6.45, 7) is 6.26. The predicted octanol–water partition coefficient (Wildman–Crippen LogP) is 3.82. The van der Waals surface area contributed by atoms with Crippen LogP contribution in [-0.4, -0.2) is 0 Å². The van der Waals surface area contributed by atoms with Crippen LogP contribution in [0.3, 0.4) is 0 Å². The van der Waals surface area contributed by atoms with Gasteiger partial charge < -0.3 is 0 Å². The van der Waals surface area contributed by atoms with Crippen LogP contribution in [0.2, 0.25) is 5.02 Å². The molecule has 1 atom stereocenters. The molecule has 0 saturated heterocycles. The molecule has 0 heterocycles. The van der Waals surface area contributed by atoms with E-state index < -0.39 is 0 Å². The zero-order valence-corrected chi connectivity index (χ0v) is 12.3. The van der Waals surface area contributed by atoms with Crippen LogP contribution in [0.25, 0.3) is 0 Å². The largest absolute Gasteiger partial charge is 0.271 e. The summed E-state index contributed by atoms with van der Waals surface area (Å²) < 4.78 is 0. The lowest BCUT2D eigenvalue weighted by atomic mass is 9.92. The molecule has 3 N–H and O–H groups in total. The Hall–Kier alpha value is -1.35. The molecule has 0 aromatic heterocycles. The van der Waals surface area contributed by atoms with Crippen LogP contribution in [-0.2, 0) is 0 Å². The second kappa shape index (κ2) is 5.74. The Bertz CT molecular complexity index is 573. The number of benzene rings is 2. The van der Waals surface area contributed by atoms with Gasteiger partial charge in [0.25, 0.3) is 0 Å². The fraction of sp³-hybridized carbons (Fsp3) is 0.250. The van der Waals surface area contributed by atoms with Crippen molar-refractivity contribution in [2.75, 3.05) is 0 Å². The fourth-order valence-electron chi connectivity index (χ4n) is 2.38. The minimum Gasteiger partial charge on any atom is -0.271 e. The van der Waals surface area contributed by atoms with E-state index in [9.17, 15) is 0 Å². The van der Waals surface area contributed by atoms with E-state index in [-0.39, 0.29) is 6.04 Å². The molecule has 0 radical (unpaired) electrons. The lowest BCUT2D eigenvalue weighted by molar-refractivity contribution is 0.633. The number of nitrogens with one attached hydrogen (secondary N) is 1. The maximum Gasteiger partial charge on any atom is 0.0713 e. The number of halogens is 1. The van der Waals surface area contributed by atoms with E-state index >= 15 is 0 Å². The van der Waals surface area contributed by atoms with Gasteiger partial charge in [-0.15, -0.1) is 0 Å². The molecule has 2 rings (SSSR count). The van der Waals surface area contributed by atoms with Gasteiger partial charge in [-0.2, -0.15) is 0 Å². The molecule has 0 aliphatic carbocycles. The standard InChI is InChI=1S/C16H19ClN2/c1-10-7-13(9-14(17)8-10)16(19-18)15-6-4-5-11(2)12(15)3/h4-9,16,19H,18H2,1-3H3. The molecule has 0 spiro atoms. The number of hydrogen-bond acceptors (Lipinski definition) is 2. The van der Waals surface area contributed by atoms with Gasteiger partial charge in [-0.3, -0.25) is 5.84 Å². The van der Waals surface area contributed by atoms with Crippen molar-refractivity contribution in [3.8, 4) is 0 Å². The normalized spacial score (nSPS) is 12.5. The van der Waals surface area contributed by atoms with Crippen LogP contribution in [0.1, 0.15) is 33.9 Å². The van der Waals surface area contributed by atoms with E-state index in [1.807, 2.05) is 19.1 Å². The topological polar surface area (TPSA) is 38.0 Å². The number of rotatable bonds is 3. The highest BCUT2D eigenvalue weighted by Gasteiger charge is 2.16. The molecule has 0 bridgehead atoms. The van der Waals surface area contributed by atoms with Gasteiger partial charge >= 0.3 is 0 Å². The lowest BCUT2D eigenvalue weighted by Crippen LogP contribution is -2.29. The van der Waals surface area contributed by atoms with Crippen LogP contribution >= 0.6 is 11.6 Å². The minimum absolute atomic E-state index is 0.0442. The van der Waals surface area contributed by atoms with Crippen LogP contribution in [0.15, 0.2) is 36.4 Å². The molecule has 0 aliphatic rings. The first-order valence-electron chi connectivity index (χ1n) is 6.32. The number of nitrogens with two attached hydrogens (primary N) is 1. The highest BCUT2D eigenvalue weighted by atomic mass is 35.5. The molecule has 0 saturated carbocycles. The smallest absolute Gasteiger partial charge is 0.0713 e. The number of aryl methyl sites for hydroxylation is 2. The first kappa shape index (κ1) is 14.1. The molecule has 0 aliphatic heterocycles. The van der Waals surface area contributed by atoms with E-state index in [1.54, 1.807) is 0 Å². The maximum atomic E-state index is 6.14. The lowest BCUT2D eigenvalue weighted by Gasteiger charge is -2.21. The first-order valence-corrected chi connectivity index (χ1v) is 6.70. The molecule has 1 unspecified atom stereocenters. The van der Waals surface area contributed by atoms with Gasteiger partial charge in [0.15, 0.2) is 0 Å². The molecule has 2 nitrogen and oxygen atoms in total. The Balaban J connectivity index is 2.53. The summed E-state index contributed by atoms with van der Waals surface area (Å²) in [6.07, 6.45) is 0. The summed E-state index contributed by atoms with van der Waals surface area (Å²) >= 11 is 6.14. The van der Waals surface area contributed by atoms with Crippen molar-refractivity contribution in [2.45, 2.75) is 26.8 Å². The van der Waals surface area contributed by atoms with Crippen LogP contribution in [0.5, 0.6) is 0 Å². The van der Waals surface area contributed by atoms with Crippen molar-refractivity contribution in [3.05, 3.63) is 69.2 Å². The average molecular weight is 275 g/mol. The summed E-state index contributed by atoms with van der Waals surface area (Å²) in [7, 11) is 0. The summed E-state index contributed by atoms with van der Waals surface area (Å²) in [5, 5.41) is 0.737. The molecule has 0 fully saturated rings. The Morgan fingerprint density at radius 1 is 1.11 bits per heavy atom. The second-order valence-corrected chi connectivity index (χ2v) is 5.39. The van der Waals surface area contributed by atoms with E-state index in [4.69, 9.17) is 17.4 Å².